The van der Waals surface area contributed by atoms with Crippen LogP contribution in [0.1, 0.15) is 24.8 Å². The number of methoxy groups -OCH3 is 1. The number of amides is 1. The van der Waals surface area contributed by atoms with E-state index in [9.17, 15) is 4.79 Å². The molecular weight excluding hydrogens is 276 g/mol. The third-order valence-corrected chi connectivity index (χ3v) is 3.70. The molecule has 2 rings (SSSR count). The van der Waals surface area contributed by atoms with E-state index in [4.69, 9.17) is 10.5 Å². The molecule has 4 nitrogen and oxygen atoms in total. The number of halogens is 1. The lowest BCUT2D eigenvalue weighted by Gasteiger charge is -2.17. The predicted octanol–water partition coefficient (Wildman–Crippen LogP) is 1.66. The van der Waals surface area contributed by atoms with E-state index in [1.54, 1.807) is 7.11 Å². The summed E-state index contributed by atoms with van der Waals surface area (Å²) in [4.78, 5) is 12.0. The first-order valence-electron chi connectivity index (χ1n) is 6.81. The third kappa shape index (κ3) is 4.78. The Hall–Kier alpha value is -1.10. The van der Waals surface area contributed by atoms with Crippen molar-refractivity contribution in [1.82, 2.24) is 5.32 Å². The van der Waals surface area contributed by atoms with Gasteiger partial charge in [-0.1, -0.05) is 30.3 Å². The molecular formula is C15H23ClN2O2. The molecule has 5 heteroatoms. The molecule has 20 heavy (non-hydrogen) atoms. The smallest absolute Gasteiger partial charge is 0.237 e. The van der Waals surface area contributed by atoms with E-state index < -0.39 is 6.04 Å². The van der Waals surface area contributed by atoms with E-state index in [0.717, 1.165) is 24.8 Å². The van der Waals surface area contributed by atoms with Crippen LogP contribution < -0.4 is 11.1 Å². The summed E-state index contributed by atoms with van der Waals surface area (Å²) in [5.41, 5.74) is 7.04. The second kappa shape index (κ2) is 8.25. The van der Waals surface area contributed by atoms with E-state index >= 15 is 0 Å². The van der Waals surface area contributed by atoms with Crippen molar-refractivity contribution < 1.29 is 9.53 Å². The number of hydrogen-bond donors (Lipinski definition) is 2. The van der Waals surface area contributed by atoms with Gasteiger partial charge in [-0.3, -0.25) is 4.79 Å². The highest BCUT2D eigenvalue weighted by Crippen LogP contribution is 2.21. The van der Waals surface area contributed by atoms with Gasteiger partial charge in [0.2, 0.25) is 5.91 Å². The van der Waals surface area contributed by atoms with Gasteiger partial charge in [-0.05, 0) is 31.2 Å². The number of nitrogens with one attached hydrogen (secondary N) is 1. The highest BCUT2D eigenvalue weighted by molar-refractivity contribution is 5.85. The second-order valence-electron chi connectivity index (χ2n) is 5.17. The first-order valence-corrected chi connectivity index (χ1v) is 6.81. The van der Waals surface area contributed by atoms with Gasteiger partial charge in [0.1, 0.15) is 0 Å². The minimum Gasteiger partial charge on any atom is -0.381 e. The summed E-state index contributed by atoms with van der Waals surface area (Å²) in [5.74, 6) is -0.0643. The summed E-state index contributed by atoms with van der Waals surface area (Å²) >= 11 is 0. The van der Waals surface area contributed by atoms with Gasteiger partial charge < -0.3 is 15.8 Å². The van der Waals surface area contributed by atoms with Crippen LogP contribution in [0.3, 0.4) is 0 Å². The molecule has 0 aliphatic heterocycles. The Morgan fingerprint density at radius 1 is 1.40 bits per heavy atom. The van der Waals surface area contributed by atoms with Crippen molar-refractivity contribution in [2.75, 3.05) is 7.11 Å². The fourth-order valence-corrected chi connectivity index (χ4v) is 2.55. The van der Waals surface area contributed by atoms with Gasteiger partial charge in [-0.15, -0.1) is 12.4 Å². The maximum atomic E-state index is 12.0. The zero-order chi connectivity index (χ0) is 13.7. The van der Waals surface area contributed by atoms with E-state index in [-0.39, 0.29) is 30.5 Å². The van der Waals surface area contributed by atoms with Gasteiger partial charge in [-0.25, -0.2) is 0 Å². The topological polar surface area (TPSA) is 64.3 Å². The Balaban J connectivity index is 0.00000200. The molecule has 1 aromatic rings. The van der Waals surface area contributed by atoms with Crippen LogP contribution in [0.4, 0.5) is 0 Å². The maximum Gasteiger partial charge on any atom is 0.237 e. The van der Waals surface area contributed by atoms with E-state index in [1.165, 1.54) is 0 Å². The van der Waals surface area contributed by atoms with E-state index in [1.807, 2.05) is 30.3 Å². The summed E-state index contributed by atoms with van der Waals surface area (Å²) < 4.78 is 5.30. The Morgan fingerprint density at radius 3 is 2.70 bits per heavy atom. The Labute approximate surface area is 126 Å². The Morgan fingerprint density at radius 2 is 2.10 bits per heavy atom. The average Bonchev–Trinajstić information content (AvgIpc) is 2.87. The molecule has 112 valence electrons. The SMILES string of the molecule is COC1CCC(NC(=O)[C@@H](N)Cc2ccccc2)C1.Cl. The number of ether oxygens (including phenoxy) is 1. The third-order valence-electron chi connectivity index (χ3n) is 3.70. The van der Waals surface area contributed by atoms with Crippen LogP contribution in [0.5, 0.6) is 0 Å². The van der Waals surface area contributed by atoms with Crippen molar-refractivity contribution in [3.8, 4) is 0 Å². The van der Waals surface area contributed by atoms with Crippen molar-refractivity contribution in [3.05, 3.63) is 35.9 Å². The van der Waals surface area contributed by atoms with Crippen LogP contribution >= 0.6 is 12.4 Å². The number of benzene rings is 1. The normalized spacial score (nSPS) is 22.9. The number of carbonyl (C=O) groups is 1. The molecule has 1 aliphatic carbocycles. The van der Waals surface area contributed by atoms with Crippen LogP contribution in [-0.2, 0) is 16.0 Å². The number of nitrogens with two attached hydrogens (primary N) is 1. The van der Waals surface area contributed by atoms with Crippen LogP contribution in [0.2, 0.25) is 0 Å². The van der Waals surface area contributed by atoms with Gasteiger partial charge in [0, 0.05) is 13.2 Å². The van der Waals surface area contributed by atoms with Crippen LogP contribution in [-0.4, -0.2) is 31.2 Å². The maximum absolute atomic E-state index is 12.0. The number of carbonyl (C=O) groups excluding carboxylic acids is 1. The molecule has 3 N–H and O–H groups in total. The minimum absolute atomic E-state index is 0. The zero-order valence-corrected chi connectivity index (χ0v) is 12.6. The summed E-state index contributed by atoms with van der Waals surface area (Å²) in [7, 11) is 1.72. The molecule has 1 aromatic carbocycles. The van der Waals surface area contributed by atoms with Crippen molar-refractivity contribution in [2.45, 2.75) is 43.9 Å². The molecule has 0 aromatic heterocycles. The molecule has 2 unspecified atom stereocenters. The molecule has 0 bridgehead atoms. The quantitative estimate of drug-likeness (QED) is 0.869. The zero-order valence-electron chi connectivity index (χ0n) is 11.7. The summed E-state index contributed by atoms with van der Waals surface area (Å²) in [6, 6.07) is 9.58. The van der Waals surface area contributed by atoms with Crippen molar-refractivity contribution in [2.24, 2.45) is 5.73 Å². The molecule has 1 aliphatic rings. The lowest BCUT2D eigenvalue weighted by Crippen LogP contribution is -2.45. The van der Waals surface area contributed by atoms with Gasteiger partial charge >= 0.3 is 0 Å². The molecule has 0 saturated heterocycles. The van der Waals surface area contributed by atoms with E-state index in [0.29, 0.717) is 6.42 Å². The molecule has 3 atom stereocenters. The van der Waals surface area contributed by atoms with Gasteiger partial charge in [0.15, 0.2) is 0 Å². The molecule has 0 spiro atoms. The van der Waals surface area contributed by atoms with Crippen molar-refractivity contribution in [1.29, 1.82) is 0 Å². The standard InChI is InChI=1S/C15H22N2O2.ClH/c1-19-13-8-7-12(10-13)17-15(18)14(16)9-11-5-3-2-4-6-11;/h2-6,12-14H,7-10,16H2,1H3,(H,17,18);1H/t12?,13?,14-;/m0./s1. The summed E-state index contributed by atoms with van der Waals surface area (Å²) in [5, 5.41) is 3.02. The first-order chi connectivity index (χ1) is 9.19. The highest BCUT2D eigenvalue weighted by Gasteiger charge is 2.27. The highest BCUT2D eigenvalue weighted by atomic mass is 35.5. The van der Waals surface area contributed by atoms with Gasteiger partial charge in [0.25, 0.3) is 0 Å². The van der Waals surface area contributed by atoms with Crippen molar-refractivity contribution in [3.63, 3.8) is 0 Å². The van der Waals surface area contributed by atoms with Crippen LogP contribution in [0.25, 0.3) is 0 Å². The largest absolute Gasteiger partial charge is 0.381 e. The monoisotopic (exact) mass is 298 g/mol. The Bertz CT molecular complexity index is 414. The lowest BCUT2D eigenvalue weighted by atomic mass is 10.1. The average molecular weight is 299 g/mol. The molecule has 0 heterocycles. The summed E-state index contributed by atoms with van der Waals surface area (Å²) in [6.07, 6.45) is 3.72. The lowest BCUT2D eigenvalue weighted by molar-refractivity contribution is -0.123. The Kier molecular flexibility index (Phi) is 6.99. The van der Waals surface area contributed by atoms with Crippen molar-refractivity contribution >= 4 is 18.3 Å². The first kappa shape index (κ1) is 17.0. The number of rotatable bonds is 5. The predicted molar refractivity (Wildman–Crippen MR) is 81.9 cm³/mol. The molecule has 0 radical (unpaired) electrons. The number of hydrogen-bond acceptors (Lipinski definition) is 3. The van der Waals surface area contributed by atoms with E-state index in [2.05, 4.69) is 5.32 Å². The molecule has 1 amide bonds. The fraction of sp³-hybridized carbons (Fsp3) is 0.533. The van der Waals surface area contributed by atoms with Crippen LogP contribution in [0, 0.1) is 0 Å². The summed E-state index contributed by atoms with van der Waals surface area (Å²) in [6.45, 7) is 0. The van der Waals surface area contributed by atoms with Gasteiger partial charge in [0.05, 0.1) is 12.1 Å². The van der Waals surface area contributed by atoms with Gasteiger partial charge in [-0.2, -0.15) is 0 Å². The fourth-order valence-electron chi connectivity index (χ4n) is 2.55. The van der Waals surface area contributed by atoms with Crippen LogP contribution in [0.15, 0.2) is 30.3 Å². The molecule has 1 saturated carbocycles. The molecule has 1 fully saturated rings. The second-order valence-corrected chi connectivity index (χ2v) is 5.17. The minimum atomic E-state index is -0.482.